The summed E-state index contributed by atoms with van der Waals surface area (Å²) in [5.74, 6) is 1.53. The minimum atomic E-state index is 0.0875. The lowest BCUT2D eigenvalue weighted by Gasteiger charge is -2.33. The topological polar surface area (TPSA) is 133 Å². The molecule has 13 heteroatoms. The van der Waals surface area contributed by atoms with E-state index in [2.05, 4.69) is 44.3 Å². The van der Waals surface area contributed by atoms with Crippen LogP contribution in [0.5, 0.6) is 5.88 Å². The number of fused-ring (bicyclic) bond motifs is 1. The van der Waals surface area contributed by atoms with Crippen LogP contribution in [0.25, 0.3) is 33.6 Å². The van der Waals surface area contributed by atoms with Crippen molar-refractivity contribution in [2.24, 2.45) is 0 Å². The number of nitrogens with zero attached hydrogens (tertiary/aromatic N) is 4. The monoisotopic (exact) mass is 714 g/mol. The molecule has 3 atom stereocenters. The van der Waals surface area contributed by atoms with Gasteiger partial charge in [-0.1, -0.05) is 65.7 Å². The number of aromatic nitrogens is 3. The maximum absolute atomic E-state index is 11.7. The van der Waals surface area contributed by atoms with Gasteiger partial charge in [-0.3, -0.25) is 14.6 Å². The summed E-state index contributed by atoms with van der Waals surface area (Å²) < 4.78 is 5.60. The molecule has 0 bridgehead atoms. The number of methoxy groups -OCH3 is 1. The fourth-order valence-electron chi connectivity index (χ4n) is 6.98. The average molecular weight is 716 g/mol. The Morgan fingerprint density at radius 2 is 1.48 bits per heavy atom. The fourth-order valence-corrected chi connectivity index (χ4v) is 7.63. The number of benzene rings is 2. The summed E-state index contributed by atoms with van der Waals surface area (Å²) in [6, 6.07) is 16.3. The van der Waals surface area contributed by atoms with Crippen LogP contribution in [-0.2, 0) is 16.1 Å². The smallest absolute Gasteiger partial charge is 0.237 e. The first-order chi connectivity index (χ1) is 24.3. The predicted molar refractivity (Wildman–Crippen MR) is 195 cm³/mol. The average Bonchev–Trinajstić information content (AvgIpc) is 3.75. The van der Waals surface area contributed by atoms with Gasteiger partial charge >= 0.3 is 0 Å². The summed E-state index contributed by atoms with van der Waals surface area (Å²) in [7, 11) is 3.63. The number of carbonyl (C=O) groups is 2. The molecule has 260 valence electrons. The Bertz CT molecular complexity index is 1920. The van der Waals surface area contributed by atoms with E-state index in [4.69, 9.17) is 37.9 Å². The van der Waals surface area contributed by atoms with Crippen LogP contribution in [-0.4, -0.2) is 72.6 Å². The van der Waals surface area contributed by atoms with Gasteiger partial charge in [0, 0.05) is 92.0 Å². The number of anilines is 1. The van der Waals surface area contributed by atoms with Crippen molar-refractivity contribution in [3.63, 3.8) is 0 Å². The van der Waals surface area contributed by atoms with Crippen molar-refractivity contribution < 1.29 is 14.3 Å². The van der Waals surface area contributed by atoms with E-state index in [1.165, 1.54) is 0 Å². The molecule has 2 fully saturated rings. The van der Waals surface area contributed by atoms with Gasteiger partial charge in [0.2, 0.25) is 17.7 Å². The molecule has 7 rings (SSSR count). The van der Waals surface area contributed by atoms with Crippen molar-refractivity contribution in [1.82, 2.24) is 36.2 Å². The molecule has 3 aliphatic rings. The summed E-state index contributed by atoms with van der Waals surface area (Å²) >= 11 is 14.3. The largest absolute Gasteiger partial charge is 0.480 e. The Balaban J connectivity index is 1.12. The van der Waals surface area contributed by atoms with E-state index >= 15 is 0 Å². The predicted octanol–water partition coefficient (Wildman–Crippen LogP) is 5.31. The van der Waals surface area contributed by atoms with Gasteiger partial charge in [-0.2, -0.15) is 0 Å². The fraction of sp³-hybridized carbons (Fsp3) is 0.378. The Morgan fingerprint density at radius 3 is 2.12 bits per heavy atom. The van der Waals surface area contributed by atoms with Crippen molar-refractivity contribution in [3.05, 3.63) is 76.0 Å². The Morgan fingerprint density at radius 1 is 0.840 bits per heavy atom. The highest BCUT2D eigenvalue weighted by Gasteiger charge is 2.28. The molecular weight excluding hydrogens is 675 g/mol. The molecule has 4 N–H and O–H groups in total. The normalized spacial score (nSPS) is 20.1. The lowest BCUT2D eigenvalue weighted by molar-refractivity contribution is -0.120. The molecule has 2 amide bonds. The molecular formula is C37H40Cl2N8O3. The zero-order valence-corrected chi connectivity index (χ0v) is 29.6. The van der Waals surface area contributed by atoms with Gasteiger partial charge in [0.25, 0.3) is 0 Å². The van der Waals surface area contributed by atoms with Crippen LogP contribution in [0.2, 0.25) is 10.0 Å². The van der Waals surface area contributed by atoms with E-state index in [0.717, 1.165) is 66.1 Å². The second-order valence-electron chi connectivity index (χ2n) is 13.1. The van der Waals surface area contributed by atoms with Gasteiger partial charge in [-0.05, 0) is 25.3 Å². The number of hydrogen-bond acceptors (Lipinski definition) is 9. The molecule has 2 aromatic carbocycles. The van der Waals surface area contributed by atoms with E-state index in [9.17, 15) is 9.59 Å². The van der Waals surface area contributed by atoms with Gasteiger partial charge in [0.05, 0.1) is 34.7 Å². The molecule has 0 spiro atoms. The summed E-state index contributed by atoms with van der Waals surface area (Å²) in [6.45, 7) is 2.68. The minimum absolute atomic E-state index is 0.0875. The number of hydrogen-bond donors (Lipinski definition) is 4. The summed E-state index contributed by atoms with van der Waals surface area (Å²) in [6.07, 6.45) is 5.48. The third-order valence-electron chi connectivity index (χ3n) is 9.70. The van der Waals surface area contributed by atoms with Crippen molar-refractivity contribution in [2.45, 2.75) is 56.8 Å². The van der Waals surface area contributed by atoms with Crippen LogP contribution in [0.4, 0.5) is 5.82 Å². The van der Waals surface area contributed by atoms with Crippen LogP contribution in [0.1, 0.15) is 49.4 Å². The first-order valence-corrected chi connectivity index (χ1v) is 17.8. The molecule has 2 saturated heterocycles. The number of rotatable bonds is 11. The van der Waals surface area contributed by atoms with Crippen molar-refractivity contribution in [1.29, 1.82) is 0 Å². The maximum atomic E-state index is 11.7. The molecule has 4 aromatic rings. The zero-order chi connectivity index (χ0) is 34.8. The standard InChI is InChI=1S/C37H40Cl2N8O3/c1-47-16-15-28(41-18-22-10-14-33(49)44-22)27-11-12-29(45-36(27)47)25-7-3-5-23(34(25)38)24-6-4-8-26(35(24)39)30-20-42-31(37(46-30)50-2)19-40-17-21-9-13-32(48)43-21/h3-8,11-12,20-22,28,40-41H,9-10,13-19H2,1-2H3,(H,43,48)(H,44,49)/t21-,22+,28-/m0/s1. The second-order valence-corrected chi connectivity index (χ2v) is 13.8. The summed E-state index contributed by atoms with van der Waals surface area (Å²) in [5.41, 5.74) is 6.20. The maximum Gasteiger partial charge on any atom is 0.237 e. The third-order valence-corrected chi connectivity index (χ3v) is 10.5. The minimum Gasteiger partial charge on any atom is -0.480 e. The Kier molecular flexibility index (Phi) is 10.2. The van der Waals surface area contributed by atoms with E-state index in [-0.39, 0.29) is 29.9 Å². The van der Waals surface area contributed by atoms with Crippen molar-refractivity contribution >= 4 is 40.8 Å². The van der Waals surface area contributed by atoms with Crippen LogP contribution >= 0.6 is 23.2 Å². The third kappa shape index (κ3) is 7.14. The molecule has 11 nitrogen and oxygen atoms in total. The molecule has 0 saturated carbocycles. The number of carbonyl (C=O) groups excluding carboxylic acids is 2. The van der Waals surface area contributed by atoms with Crippen LogP contribution in [0.15, 0.2) is 54.7 Å². The highest BCUT2D eigenvalue weighted by molar-refractivity contribution is 6.39. The molecule has 0 aliphatic carbocycles. The molecule has 3 aliphatic heterocycles. The molecule has 0 unspecified atom stereocenters. The van der Waals surface area contributed by atoms with Gasteiger partial charge in [0.1, 0.15) is 11.5 Å². The van der Waals surface area contributed by atoms with E-state index < -0.39 is 0 Å². The first-order valence-electron chi connectivity index (χ1n) is 17.0. The Labute approximate surface area is 301 Å². The highest BCUT2D eigenvalue weighted by Crippen LogP contribution is 2.43. The van der Waals surface area contributed by atoms with Gasteiger partial charge in [-0.25, -0.2) is 9.97 Å². The summed E-state index contributed by atoms with van der Waals surface area (Å²) in [4.78, 5) is 39.9. The van der Waals surface area contributed by atoms with Gasteiger partial charge in [-0.15, -0.1) is 0 Å². The van der Waals surface area contributed by atoms with E-state index in [1.807, 2.05) is 42.5 Å². The quantitative estimate of drug-likeness (QED) is 0.163. The van der Waals surface area contributed by atoms with Crippen molar-refractivity contribution in [2.75, 3.05) is 38.7 Å². The number of ether oxygens (including phenoxy) is 1. The van der Waals surface area contributed by atoms with Crippen LogP contribution < -0.4 is 30.9 Å². The van der Waals surface area contributed by atoms with Gasteiger partial charge in [0.15, 0.2) is 0 Å². The lowest BCUT2D eigenvalue weighted by Crippen LogP contribution is -2.40. The number of pyridine rings is 1. The van der Waals surface area contributed by atoms with Crippen molar-refractivity contribution in [3.8, 4) is 39.5 Å². The van der Waals surface area contributed by atoms with Crippen LogP contribution in [0.3, 0.4) is 0 Å². The lowest BCUT2D eigenvalue weighted by atomic mass is 9.96. The summed E-state index contributed by atoms with van der Waals surface area (Å²) in [5, 5.41) is 14.1. The second kappa shape index (κ2) is 14.9. The molecule has 50 heavy (non-hydrogen) atoms. The number of halogens is 2. The molecule has 5 heterocycles. The SMILES string of the molecule is COc1nc(-c2cccc(-c3cccc(-c4ccc5c(n4)N(C)CC[C@@H]5NC[C@H]4CCC(=O)N4)c3Cl)c2Cl)cnc1CNC[C@@H]1CCC(=O)N1. The van der Waals surface area contributed by atoms with Crippen LogP contribution in [0, 0.1) is 0 Å². The Hall–Kier alpha value is -4.29. The highest BCUT2D eigenvalue weighted by atomic mass is 35.5. The zero-order valence-electron chi connectivity index (χ0n) is 28.1. The first kappa shape index (κ1) is 34.2. The van der Waals surface area contributed by atoms with E-state index in [1.54, 1.807) is 13.3 Å². The molecule has 2 aromatic heterocycles. The number of nitrogens with one attached hydrogen (secondary N) is 4. The van der Waals surface area contributed by atoms with E-state index in [0.29, 0.717) is 58.8 Å². The van der Waals surface area contributed by atoms with Gasteiger partial charge < -0.3 is 30.9 Å². The number of amides is 2. The molecule has 0 radical (unpaired) electrons.